The molecular formula is C23H31N5O4. The van der Waals surface area contributed by atoms with E-state index in [1.165, 1.54) is 0 Å². The third-order valence-corrected chi connectivity index (χ3v) is 4.21. The summed E-state index contributed by atoms with van der Waals surface area (Å²) in [5.41, 5.74) is 14.3. The highest BCUT2D eigenvalue weighted by Gasteiger charge is 2.10. The van der Waals surface area contributed by atoms with E-state index in [-0.39, 0.29) is 33.4 Å². The van der Waals surface area contributed by atoms with Gasteiger partial charge in [-0.1, -0.05) is 12.1 Å². The Kier molecular flexibility index (Phi) is 8.14. The maximum absolute atomic E-state index is 12.7. The van der Waals surface area contributed by atoms with E-state index in [0.717, 1.165) is 5.56 Å². The topological polar surface area (TPSA) is 165 Å². The van der Waals surface area contributed by atoms with E-state index in [2.05, 4.69) is 10.3 Å². The van der Waals surface area contributed by atoms with Crippen LogP contribution in [0.4, 0.5) is 17.2 Å². The molecule has 0 unspecified atom stereocenters. The summed E-state index contributed by atoms with van der Waals surface area (Å²) in [5.74, 6) is 0.0175. The third kappa shape index (κ3) is 6.44. The van der Waals surface area contributed by atoms with Gasteiger partial charge in [0.05, 0.1) is 17.5 Å². The highest BCUT2D eigenvalue weighted by atomic mass is 16.6. The molecule has 3 rings (SSSR count). The van der Waals surface area contributed by atoms with Crippen LogP contribution < -0.4 is 27.7 Å². The first-order valence-corrected chi connectivity index (χ1v) is 9.68. The second-order valence-electron chi connectivity index (χ2n) is 7.06. The molecule has 8 N–H and O–H groups in total. The van der Waals surface area contributed by atoms with Crippen molar-refractivity contribution in [1.82, 2.24) is 11.1 Å². The van der Waals surface area contributed by atoms with Gasteiger partial charge >= 0.3 is 5.97 Å². The van der Waals surface area contributed by atoms with E-state index in [0.29, 0.717) is 28.4 Å². The van der Waals surface area contributed by atoms with Gasteiger partial charge in [-0.3, -0.25) is 4.79 Å². The summed E-state index contributed by atoms with van der Waals surface area (Å²) in [6.45, 7) is 3.36. The van der Waals surface area contributed by atoms with Crippen molar-refractivity contribution in [2.24, 2.45) is 0 Å². The summed E-state index contributed by atoms with van der Waals surface area (Å²) in [4.78, 5) is 28.4. The minimum Gasteiger partial charge on any atom is -0.482 e. The summed E-state index contributed by atoms with van der Waals surface area (Å²) in [6.07, 6.45) is -0.194. The Morgan fingerprint density at radius 3 is 2.44 bits per heavy atom. The van der Waals surface area contributed by atoms with Crippen LogP contribution in [0.25, 0.3) is 11.3 Å². The van der Waals surface area contributed by atoms with Crippen LogP contribution in [0.15, 0.2) is 60.7 Å². The van der Waals surface area contributed by atoms with Gasteiger partial charge < -0.3 is 32.4 Å². The van der Waals surface area contributed by atoms with E-state index < -0.39 is 5.97 Å². The van der Waals surface area contributed by atoms with Crippen molar-refractivity contribution in [3.05, 3.63) is 66.2 Å². The quantitative estimate of drug-likeness (QED) is 0.397. The second-order valence-corrected chi connectivity index (χ2v) is 7.06. The summed E-state index contributed by atoms with van der Waals surface area (Å²) >= 11 is 0. The van der Waals surface area contributed by atoms with Gasteiger partial charge in [-0.05, 0) is 62.4 Å². The Labute approximate surface area is 189 Å². The fraction of sp³-hybridized carbons (Fsp3) is 0.174. The number of rotatable bonds is 7. The average molecular weight is 442 g/mol. The predicted molar refractivity (Wildman–Crippen MR) is 129 cm³/mol. The zero-order valence-corrected chi connectivity index (χ0v) is 18.0. The molecule has 0 aliphatic carbocycles. The fourth-order valence-corrected chi connectivity index (χ4v) is 2.74. The van der Waals surface area contributed by atoms with Crippen LogP contribution in [0, 0.1) is 0 Å². The third-order valence-electron chi connectivity index (χ3n) is 4.21. The van der Waals surface area contributed by atoms with Crippen molar-refractivity contribution in [2.45, 2.75) is 20.0 Å². The van der Waals surface area contributed by atoms with Crippen LogP contribution in [0.2, 0.25) is 0 Å². The zero-order chi connectivity index (χ0) is 22.4. The molecule has 32 heavy (non-hydrogen) atoms. The predicted octanol–water partition coefficient (Wildman–Crippen LogP) is 4.15. The number of benzene rings is 2. The molecule has 172 valence electrons. The Balaban J connectivity index is 0.00000363. The van der Waals surface area contributed by atoms with Crippen LogP contribution in [-0.2, 0) is 9.53 Å². The van der Waals surface area contributed by atoms with Gasteiger partial charge in [-0.15, -0.1) is 0 Å². The highest BCUT2D eigenvalue weighted by Crippen LogP contribution is 2.23. The standard InChI is InChI=1S/C23H24N4O4.H3N.2H2/c1-14(2)31-21(28)13-30-18-8-6-17(7-9-18)26-23(29)16-5-3-4-15(12-16)20-11-10-19(24)22(25)27-20;;;/h3-12,14H,13,24H2,1-2H3,(H2,25,27)(H,26,29);1H3;2*1H. The largest absolute Gasteiger partial charge is 0.482 e. The van der Waals surface area contributed by atoms with E-state index in [1.807, 2.05) is 6.07 Å². The van der Waals surface area contributed by atoms with Gasteiger partial charge in [0.25, 0.3) is 5.91 Å². The number of aromatic nitrogens is 1. The Bertz CT molecular complexity index is 1090. The molecule has 0 saturated carbocycles. The number of nitrogens with two attached hydrogens (primary N) is 2. The molecule has 0 fully saturated rings. The van der Waals surface area contributed by atoms with Crippen molar-refractivity contribution < 1.29 is 21.9 Å². The average Bonchev–Trinajstić information content (AvgIpc) is 2.75. The van der Waals surface area contributed by atoms with Gasteiger partial charge in [-0.25, -0.2) is 9.78 Å². The number of hydrogen-bond acceptors (Lipinski definition) is 8. The fourth-order valence-electron chi connectivity index (χ4n) is 2.74. The molecule has 0 aliphatic heterocycles. The molecular weight excluding hydrogens is 410 g/mol. The maximum atomic E-state index is 12.7. The van der Waals surface area contributed by atoms with Crippen LogP contribution >= 0.6 is 0 Å². The molecule has 0 atom stereocenters. The van der Waals surface area contributed by atoms with Crippen LogP contribution in [0.5, 0.6) is 5.75 Å². The van der Waals surface area contributed by atoms with E-state index in [1.54, 1.807) is 68.4 Å². The van der Waals surface area contributed by atoms with Crippen molar-refractivity contribution in [3.8, 4) is 17.0 Å². The van der Waals surface area contributed by atoms with Crippen molar-refractivity contribution in [1.29, 1.82) is 0 Å². The first-order chi connectivity index (χ1) is 14.8. The van der Waals surface area contributed by atoms with Crippen molar-refractivity contribution in [2.75, 3.05) is 23.4 Å². The number of ether oxygens (including phenoxy) is 2. The molecule has 0 spiro atoms. The molecule has 1 amide bonds. The van der Waals surface area contributed by atoms with E-state index in [9.17, 15) is 9.59 Å². The van der Waals surface area contributed by atoms with Gasteiger partial charge in [0.15, 0.2) is 6.61 Å². The molecule has 0 aliphatic rings. The number of hydrogen-bond donors (Lipinski definition) is 4. The lowest BCUT2D eigenvalue weighted by molar-refractivity contribution is -0.149. The molecule has 0 saturated heterocycles. The monoisotopic (exact) mass is 441 g/mol. The first-order valence-electron chi connectivity index (χ1n) is 9.68. The number of nitrogen functional groups attached to an aromatic ring is 2. The van der Waals surface area contributed by atoms with Crippen molar-refractivity contribution in [3.63, 3.8) is 0 Å². The second kappa shape index (κ2) is 10.8. The lowest BCUT2D eigenvalue weighted by Crippen LogP contribution is -2.18. The SMILES string of the molecule is CC(C)OC(=O)COc1ccc(NC(=O)c2cccc(-c3ccc(N)c(N)n3)c2)cc1.N.[HH].[HH]. The summed E-state index contributed by atoms with van der Waals surface area (Å²) in [6, 6.07) is 17.2. The number of amides is 1. The minimum absolute atomic E-state index is 0. The molecule has 0 radical (unpaired) electrons. The molecule has 3 aromatic rings. The van der Waals surface area contributed by atoms with Gasteiger partial charge in [-0.2, -0.15) is 0 Å². The molecule has 1 heterocycles. The number of nitrogens with one attached hydrogen (secondary N) is 1. The molecule has 0 bridgehead atoms. The Hall–Kier alpha value is -4.11. The normalized spacial score (nSPS) is 10.2. The number of anilines is 3. The van der Waals surface area contributed by atoms with Crippen LogP contribution in [0.1, 0.15) is 27.1 Å². The van der Waals surface area contributed by atoms with Gasteiger partial charge in [0.2, 0.25) is 0 Å². The first kappa shape index (κ1) is 24.2. The Morgan fingerprint density at radius 2 is 1.78 bits per heavy atom. The highest BCUT2D eigenvalue weighted by molar-refractivity contribution is 6.05. The molecule has 2 aromatic carbocycles. The van der Waals surface area contributed by atoms with Gasteiger partial charge in [0, 0.05) is 19.7 Å². The lowest BCUT2D eigenvalue weighted by atomic mass is 10.1. The molecule has 1 aromatic heterocycles. The Morgan fingerprint density at radius 1 is 1.06 bits per heavy atom. The summed E-state index contributed by atoms with van der Waals surface area (Å²) in [7, 11) is 0. The summed E-state index contributed by atoms with van der Waals surface area (Å²) < 4.78 is 10.4. The van der Waals surface area contributed by atoms with Crippen molar-refractivity contribution >= 4 is 29.1 Å². The zero-order valence-electron chi connectivity index (χ0n) is 18.0. The van der Waals surface area contributed by atoms with E-state index in [4.69, 9.17) is 20.9 Å². The minimum atomic E-state index is -0.440. The number of carbonyl (C=O) groups excluding carboxylic acids is 2. The number of carbonyl (C=O) groups is 2. The smallest absolute Gasteiger partial charge is 0.344 e. The summed E-state index contributed by atoms with van der Waals surface area (Å²) in [5, 5.41) is 2.82. The molecule has 9 nitrogen and oxygen atoms in total. The molecule has 9 heteroatoms. The number of pyridine rings is 1. The number of esters is 1. The van der Waals surface area contributed by atoms with E-state index >= 15 is 0 Å². The van der Waals surface area contributed by atoms with Crippen LogP contribution in [0.3, 0.4) is 0 Å². The lowest BCUT2D eigenvalue weighted by Gasteiger charge is -2.10. The van der Waals surface area contributed by atoms with Gasteiger partial charge in [0.1, 0.15) is 11.6 Å². The van der Waals surface area contributed by atoms with Crippen LogP contribution in [-0.4, -0.2) is 29.6 Å². The maximum Gasteiger partial charge on any atom is 0.344 e. The number of nitrogens with zero attached hydrogens (tertiary/aromatic N) is 1.